The molecule has 0 saturated heterocycles. The Morgan fingerprint density at radius 2 is 2.16 bits per heavy atom. The highest BCUT2D eigenvalue weighted by atomic mass is 16.5. The van der Waals surface area contributed by atoms with Crippen LogP contribution in [0.2, 0.25) is 0 Å². The highest BCUT2D eigenvalue weighted by molar-refractivity contribution is 5.64. The van der Waals surface area contributed by atoms with E-state index in [0.29, 0.717) is 0 Å². The Morgan fingerprint density at radius 1 is 1.42 bits per heavy atom. The summed E-state index contributed by atoms with van der Waals surface area (Å²) in [5.41, 5.74) is 10.1. The molecule has 0 radical (unpaired) electrons. The molecule has 2 aromatic rings. The highest BCUT2D eigenvalue weighted by Gasteiger charge is 2.13. The fourth-order valence-corrected chi connectivity index (χ4v) is 2.18. The smallest absolute Gasteiger partial charge is 0.123 e. The summed E-state index contributed by atoms with van der Waals surface area (Å²) in [5.74, 6) is 1.74. The molecule has 1 aromatic carbocycles. The van der Waals surface area contributed by atoms with Crippen molar-refractivity contribution in [2.24, 2.45) is 5.73 Å². The molecule has 0 aliphatic rings. The maximum Gasteiger partial charge on any atom is 0.123 e. The zero-order valence-electron chi connectivity index (χ0n) is 11.9. The van der Waals surface area contributed by atoms with E-state index in [1.54, 1.807) is 7.11 Å². The molecule has 0 saturated carbocycles. The fraction of sp³-hybridized carbons (Fsp3) is 0.400. The zero-order chi connectivity index (χ0) is 14.0. The average molecular weight is 259 g/mol. The first-order valence-electron chi connectivity index (χ1n) is 6.56. The number of H-pyrrole nitrogens is 1. The van der Waals surface area contributed by atoms with Gasteiger partial charge in [0.2, 0.25) is 0 Å². The lowest BCUT2D eigenvalue weighted by molar-refractivity contribution is 0.410. The Kier molecular flexibility index (Phi) is 3.90. The molecule has 3 N–H and O–H groups in total. The molecule has 0 spiro atoms. The quantitative estimate of drug-likeness (QED) is 0.887. The summed E-state index contributed by atoms with van der Waals surface area (Å²) < 4.78 is 5.35. The lowest BCUT2D eigenvalue weighted by Crippen LogP contribution is -2.06. The van der Waals surface area contributed by atoms with E-state index in [-0.39, 0.29) is 6.04 Å². The molecule has 0 aliphatic carbocycles. The summed E-state index contributed by atoms with van der Waals surface area (Å²) in [5, 5.41) is 0. The van der Waals surface area contributed by atoms with E-state index in [9.17, 15) is 0 Å². The van der Waals surface area contributed by atoms with Crippen molar-refractivity contribution in [3.8, 4) is 17.0 Å². The van der Waals surface area contributed by atoms with E-state index in [0.717, 1.165) is 34.9 Å². The second-order valence-corrected chi connectivity index (χ2v) is 4.76. The van der Waals surface area contributed by atoms with E-state index in [4.69, 9.17) is 10.5 Å². The van der Waals surface area contributed by atoms with Gasteiger partial charge in [-0.15, -0.1) is 0 Å². The maximum atomic E-state index is 5.86. The van der Waals surface area contributed by atoms with Crippen LogP contribution in [0.3, 0.4) is 0 Å². The monoisotopic (exact) mass is 259 g/mol. The van der Waals surface area contributed by atoms with Crippen molar-refractivity contribution in [3.63, 3.8) is 0 Å². The van der Waals surface area contributed by atoms with Crippen molar-refractivity contribution in [2.75, 3.05) is 7.11 Å². The number of nitrogens with two attached hydrogens (primary N) is 1. The number of nitrogens with one attached hydrogen (secondary N) is 1. The minimum absolute atomic E-state index is 0.0867. The van der Waals surface area contributed by atoms with E-state index in [1.807, 2.05) is 26.0 Å². The summed E-state index contributed by atoms with van der Waals surface area (Å²) in [6, 6.07) is 6.07. The summed E-state index contributed by atoms with van der Waals surface area (Å²) in [4.78, 5) is 7.83. The summed E-state index contributed by atoms with van der Waals surface area (Å²) in [6.07, 6.45) is 0.931. The van der Waals surface area contributed by atoms with Crippen LogP contribution in [-0.4, -0.2) is 17.1 Å². The van der Waals surface area contributed by atoms with Crippen LogP contribution in [0.1, 0.15) is 37.0 Å². The highest BCUT2D eigenvalue weighted by Crippen LogP contribution is 2.28. The normalized spacial score (nSPS) is 12.5. The van der Waals surface area contributed by atoms with Gasteiger partial charge in [-0.1, -0.05) is 6.92 Å². The first-order valence-corrected chi connectivity index (χ1v) is 6.56. The number of imidazole rings is 1. The van der Waals surface area contributed by atoms with Gasteiger partial charge in [-0.3, -0.25) is 0 Å². The summed E-state index contributed by atoms with van der Waals surface area (Å²) in [6.45, 7) is 6.06. The Bertz CT molecular complexity index is 573. The lowest BCUT2D eigenvalue weighted by Gasteiger charge is -2.08. The van der Waals surface area contributed by atoms with Gasteiger partial charge < -0.3 is 15.5 Å². The number of methoxy groups -OCH3 is 1. The number of rotatable bonds is 4. The molecular weight excluding hydrogens is 238 g/mol. The third-order valence-electron chi connectivity index (χ3n) is 3.27. The van der Waals surface area contributed by atoms with Crippen molar-refractivity contribution in [1.82, 2.24) is 9.97 Å². The van der Waals surface area contributed by atoms with Gasteiger partial charge in [-0.05, 0) is 44.0 Å². The Hall–Kier alpha value is -1.81. The van der Waals surface area contributed by atoms with Crippen LogP contribution in [-0.2, 0) is 6.42 Å². The molecule has 0 aliphatic heterocycles. The molecule has 2 rings (SSSR count). The number of aryl methyl sites for hydroxylation is 2. The maximum absolute atomic E-state index is 5.86. The van der Waals surface area contributed by atoms with Crippen LogP contribution >= 0.6 is 0 Å². The van der Waals surface area contributed by atoms with Crippen molar-refractivity contribution >= 4 is 0 Å². The van der Waals surface area contributed by atoms with Crippen LogP contribution in [0.15, 0.2) is 18.2 Å². The molecule has 4 nitrogen and oxygen atoms in total. The van der Waals surface area contributed by atoms with E-state index < -0.39 is 0 Å². The van der Waals surface area contributed by atoms with Crippen molar-refractivity contribution < 1.29 is 4.74 Å². The van der Waals surface area contributed by atoms with Gasteiger partial charge in [0.15, 0.2) is 0 Å². The molecule has 0 amide bonds. The van der Waals surface area contributed by atoms with Crippen LogP contribution in [0, 0.1) is 6.92 Å². The molecule has 0 bridgehead atoms. The van der Waals surface area contributed by atoms with Gasteiger partial charge >= 0.3 is 0 Å². The SMILES string of the molecule is CCc1cc(-c2nc(C(C)N)[nH]c2C)ccc1OC. The third-order valence-corrected chi connectivity index (χ3v) is 3.27. The second-order valence-electron chi connectivity index (χ2n) is 4.76. The predicted octanol–water partition coefficient (Wildman–Crippen LogP) is 2.98. The van der Waals surface area contributed by atoms with Crippen molar-refractivity contribution in [1.29, 1.82) is 0 Å². The van der Waals surface area contributed by atoms with Crippen LogP contribution in [0.4, 0.5) is 0 Å². The topological polar surface area (TPSA) is 63.9 Å². The molecule has 1 unspecified atom stereocenters. The minimum Gasteiger partial charge on any atom is -0.496 e. The molecule has 102 valence electrons. The van der Waals surface area contributed by atoms with Crippen LogP contribution in [0.25, 0.3) is 11.3 Å². The number of ether oxygens (including phenoxy) is 1. The number of aromatic amines is 1. The second kappa shape index (κ2) is 5.45. The predicted molar refractivity (Wildman–Crippen MR) is 77.3 cm³/mol. The van der Waals surface area contributed by atoms with E-state index >= 15 is 0 Å². The van der Waals surface area contributed by atoms with Crippen LogP contribution < -0.4 is 10.5 Å². The van der Waals surface area contributed by atoms with Crippen molar-refractivity contribution in [2.45, 2.75) is 33.2 Å². The molecule has 1 aromatic heterocycles. The number of aromatic nitrogens is 2. The molecule has 4 heteroatoms. The number of hydrogen-bond donors (Lipinski definition) is 2. The molecule has 1 atom stereocenters. The minimum atomic E-state index is -0.0867. The van der Waals surface area contributed by atoms with Crippen LogP contribution in [0.5, 0.6) is 5.75 Å². The zero-order valence-corrected chi connectivity index (χ0v) is 11.9. The van der Waals surface area contributed by atoms with E-state index in [1.165, 1.54) is 5.56 Å². The first-order chi connectivity index (χ1) is 9.06. The third kappa shape index (κ3) is 2.63. The van der Waals surface area contributed by atoms with Gasteiger partial charge in [-0.2, -0.15) is 0 Å². The van der Waals surface area contributed by atoms with Crippen molar-refractivity contribution in [3.05, 3.63) is 35.3 Å². The summed E-state index contributed by atoms with van der Waals surface area (Å²) in [7, 11) is 1.70. The molecular formula is C15H21N3O. The number of benzene rings is 1. The number of nitrogens with zero attached hydrogens (tertiary/aromatic N) is 1. The molecule has 19 heavy (non-hydrogen) atoms. The molecule has 1 heterocycles. The van der Waals surface area contributed by atoms with Gasteiger partial charge in [0.25, 0.3) is 0 Å². The standard InChI is InChI=1S/C15H21N3O/c1-5-11-8-12(6-7-13(11)19-4)14-10(3)17-15(18-14)9(2)16/h6-9H,5,16H2,1-4H3,(H,17,18). The Morgan fingerprint density at radius 3 is 2.68 bits per heavy atom. The average Bonchev–Trinajstić information content (AvgIpc) is 2.80. The van der Waals surface area contributed by atoms with Gasteiger partial charge in [0.05, 0.1) is 18.8 Å². The lowest BCUT2D eigenvalue weighted by atomic mass is 10.0. The fourth-order valence-electron chi connectivity index (χ4n) is 2.18. The Labute approximate surface area is 114 Å². The largest absolute Gasteiger partial charge is 0.496 e. The van der Waals surface area contributed by atoms with E-state index in [2.05, 4.69) is 23.0 Å². The van der Waals surface area contributed by atoms with Gasteiger partial charge in [-0.25, -0.2) is 4.98 Å². The van der Waals surface area contributed by atoms with Gasteiger partial charge in [0.1, 0.15) is 11.6 Å². The summed E-state index contributed by atoms with van der Waals surface area (Å²) >= 11 is 0. The van der Waals surface area contributed by atoms with Gasteiger partial charge in [0, 0.05) is 11.3 Å². The first kappa shape index (κ1) is 13.6. The molecule has 0 fully saturated rings. The number of hydrogen-bond acceptors (Lipinski definition) is 3. The Balaban J connectivity index is 2.47.